The summed E-state index contributed by atoms with van der Waals surface area (Å²) in [6, 6.07) is 17.6. The average Bonchev–Trinajstić information content (AvgIpc) is 2.73. The van der Waals surface area contributed by atoms with E-state index in [1.165, 1.54) is 5.56 Å². The van der Waals surface area contributed by atoms with Gasteiger partial charge in [0, 0.05) is 37.1 Å². The lowest BCUT2D eigenvalue weighted by Crippen LogP contribution is -2.49. The number of benzene rings is 2. The van der Waals surface area contributed by atoms with Crippen molar-refractivity contribution < 1.29 is 9.53 Å². The minimum absolute atomic E-state index is 0.0968. The van der Waals surface area contributed by atoms with Gasteiger partial charge in [-0.2, -0.15) is 0 Å². The Bertz CT molecular complexity index is 964. The molecule has 1 amide bonds. The molecule has 1 fully saturated rings. The summed E-state index contributed by atoms with van der Waals surface area (Å²) in [6.45, 7) is 5.02. The van der Waals surface area contributed by atoms with Crippen molar-refractivity contribution in [2.24, 2.45) is 0 Å². The van der Waals surface area contributed by atoms with Crippen LogP contribution < -0.4 is 9.64 Å². The maximum atomic E-state index is 12.6. The number of carbonyl (C=O) groups excluding carboxylic acids is 1. The summed E-state index contributed by atoms with van der Waals surface area (Å²) in [4.78, 5) is 21.6. The number of piperazine rings is 1. The lowest BCUT2D eigenvalue weighted by Gasteiger charge is -2.35. The van der Waals surface area contributed by atoms with Gasteiger partial charge in [0.25, 0.3) is 5.91 Å². The third-order valence-electron chi connectivity index (χ3n) is 5.13. The second kappa shape index (κ2) is 7.27. The molecule has 27 heavy (non-hydrogen) atoms. The number of aromatic nitrogens is 1. The Morgan fingerprint density at radius 1 is 1.00 bits per heavy atom. The Morgan fingerprint density at radius 2 is 1.74 bits per heavy atom. The molecule has 0 N–H and O–H groups in total. The molecule has 0 aliphatic carbocycles. The van der Waals surface area contributed by atoms with Crippen molar-refractivity contribution in [3.05, 3.63) is 65.7 Å². The van der Waals surface area contributed by atoms with E-state index in [-0.39, 0.29) is 5.91 Å². The molecule has 4 rings (SSSR count). The largest absolute Gasteiger partial charge is 0.494 e. The van der Waals surface area contributed by atoms with Crippen LogP contribution in [0.3, 0.4) is 0 Å². The van der Waals surface area contributed by atoms with Gasteiger partial charge >= 0.3 is 0 Å². The number of amides is 1. The summed E-state index contributed by atoms with van der Waals surface area (Å²) in [7, 11) is 1.67. The first-order chi connectivity index (χ1) is 13.2. The third-order valence-corrected chi connectivity index (χ3v) is 5.13. The number of pyridine rings is 1. The highest BCUT2D eigenvalue weighted by atomic mass is 16.5. The molecule has 0 bridgehead atoms. The summed E-state index contributed by atoms with van der Waals surface area (Å²) in [6.07, 6.45) is 0. The number of ether oxygens (including phenoxy) is 1. The zero-order valence-electron chi connectivity index (χ0n) is 15.7. The molecule has 1 saturated heterocycles. The highest BCUT2D eigenvalue weighted by Crippen LogP contribution is 2.29. The molecule has 1 aromatic heterocycles. The summed E-state index contributed by atoms with van der Waals surface area (Å²) in [5.41, 5.74) is 2.81. The molecule has 5 nitrogen and oxygen atoms in total. The van der Waals surface area contributed by atoms with Gasteiger partial charge in [-0.1, -0.05) is 30.3 Å². The summed E-state index contributed by atoms with van der Waals surface area (Å²) >= 11 is 0. The van der Waals surface area contributed by atoms with Crippen LogP contribution in [-0.4, -0.2) is 49.1 Å². The lowest BCUT2D eigenvalue weighted by atomic mass is 10.1. The highest BCUT2D eigenvalue weighted by Gasteiger charge is 2.23. The fourth-order valence-electron chi connectivity index (χ4n) is 3.60. The van der Waals surface area contributed by atoms with Crippen LogP contribution in [0.15, 0.2) is 54.6 Å². The first-order valence-electron chi connectivity index (χ1n) is 9.21. The molecule has 1 aliphatic rings. The van der Waals surface area contributed by atoms with E-state index in [4.69, 9.17) is 9.72 Å². The number of fused-ring (bicyclic) bond motifs is 1. The first kappa shape index (κ1) is 17.3. The van der Waals surface area contributed by atoms with Crippen molar-refractivity contribution in [2.45, 2.75) is 6.92 Å². The van der Waals surface area contributed by atoms with E-state index < -0.39 is 0 Å². The Labute approximate surface area is 159 Å². The van der Waals surface area contributed by atoms with E-state index in [0.29, 0.717) is 13.1 Å². The molecular formula is C22H23N3O2. The number of methoxy groups -OCH3 is 1. The molecule has 2 aromatic carbocycles. The smallest absolute Gasteiger partial charge is 0.253 e. The van der Waals surface area contributed by atoms with Gasteiger partial charge in [0.1, 0.15) is 17.1 Å². The summed E-state index contributed by atoms with van der Waals surface area (Å²) < 4.78 is 5.49. The van der Waals surface area contributed by atoms with Gasteiger partial charge in [-0.15, -0.1) is 0 Å². The Kier molecular flexibility index (Phi) is 4.67. The van der Waals surface area contributed by atoms with Crippen molar-refractivity contribution in [1.29, 1.82) is 0 Å². The van der Waals surface area contributed by atoms with Crippen LogP contribution in [0.25, 0.3) is 10.9 Å². The number of rotatable bonds is 3. The van der Waals surface area contributed by atoms with E-state index >= 15 is 0 Å². The molecule has 0 spiro atoms. The molecular weight excluding hydrogens is 338 g/mol. The fourth-order valence-corrected chi connectivity index (χ4v) is 3.60. The van der Waals surface area contributed by atoms with Gasteiger partial charge in [0.05, 0.1) is 7.11 Å². The van der Waals surface area contributed by atoms with Crippen molar-refractivity contribution in [2.75, 3.05) is 38.2 Å². The normalized spacial score (nSPS) is 14.4. The van der Waals surface area contributed by atoms with Gasteiger partial charge in [0.2, 0.25) is 0 Å². The fraction of sp³-hybridized carbons (Fsp3) is 0.273. The number of anilines is 1. The second-order valence-electron chi connectivity index (χ2n) is 6.80. The third kappa shape index (κ3) is 3.33. The number of nitrogens with zero attached hydrogens (tertiary/aromatic N) is 3. The molecule has 0 radical (unpaired) electrons. The highest BCUT2D eigenvalue weighted by molar-refractivity contribution is 5.94. The van der Waals surface area contributed by atoms with Gasteiger partial charge < -0.3 is 14.5 Å². The number of aryl methyl sites for hydroxylation is 1. The zero-order chi connectivity index (χ0) is 18.8. The molecule has 138 valence electrons. The second-order valence-corrected chi connectivity index (χ2v) is 6.80. The van der Waals surface area contributed by atoms with Gasteiger partial charge in [-0.05, 0) is 36.8 Å². The van der Waals surface area contributed by atoms with Gasteiger partial charge in [-0.25, -0.2) is 4.98 Å². The predicted molar refractivity (Wildman–Crippen MR) is 108 cm³/mol. The average molecular weight is 361 g/mol. The molecule has 0 saturated carbocycles. The number of hydrogen-bond acceptors (Lipinski definition) is 4. The van der Waals surface area contributed by atoms with Crippen LogP contribution in [0.1, 0.15) is 15.9 Å². The first-order valence-corrected chi connectivity index (χ1v) is 9.21. The maximum Gasteiger partial charge on any atom is 0.253 e. The topological polar surface area (TPSA) is 45.7 Å². The monoisotopic (exact) mass is 361 g/mol. The van der Waals surface area contributed by atoms with Gasteiger partial charge in [0.15, 0.2) is 0 Å². The molecule has 1 aliphatic heterocycles. The van der Waals surface area contributed by atoms with Crippen LogP contribution in [0.4, 0.5) is 5.82 Å². The lowest BCUT2D eigenvalue weighted by molar-refractivity contribution is 0.0746. The number of carbonyl (C=O) groups is 1. The minimum Gasteiger partial charge on any atom is -0.494 e. The van der Waals surface area contributed by atoms with E-state index in [0.717, 1.165) is 41.1 Å². The van der Waals surface area contributed by atoms with E-state index in [1.54, 1.807) is 7.11 Å². The van der Waals surface area contributed by atoms with Crippen molar-refractivity contribution in [3.8, 4) is 5.75 Å². The molecule has 2 heterocycles. The maximum absolute atomic E-state index is 12.6. The standard InChI is InChI=1S/C22H23N3O2/c1-16-15-20(23-21-18(16)9-6-10-19(21)27-2)24-11-13-25(14-12-24)22(26)17-7-4-3-5-8-17/h3-10,15H,11-14H2,1-2H3. The van der Waals surface area contributed by atoms with Crippen LogP contribution in [0, 0.1) is 6.92 Å². The minimum atomic E-state index is 0.0968. The number of hydrogen-bond donors (Lipinski definition) is 0. The van der Waals surface area contributed by atoms with Crippen LogP contribution in [-0.2, 0) is 0 Å². The SMILES string of the molecule is COc1cccc2c(C)cc(N3CCN(C(=O)c4ccccc4)CC3)nc12. The van der Waals surface area contributed by atoms with Crippen molar-refractivity contribution in [1.82, 2.24) is 9.88 Å². The van der Waals surface area contributed by atoms with Crippen molar-refractivity contribution in [3.63, 3.8) is 0 Å². The van der Waals surface area contributed by atoms with Crippen molar-refractivity contribution >= 4 is 22.6 Å². The Balaban J connectivity index is 1.54. The Morgan fingerprint density at radius 3 is 2.44 bits per heavy atom. The van der Waals surface area contributed by atoms with Crippen LogP contribution >= 0.6 is 0 Å². The number of para-hydroxylation sites is 1. The zero-order valence-corrected chi connectivity index (χ0v) is 15.7. The molecule has 5 heteroatoms. The Hall–Kier alpha value is -3.08. The van der Waals surface area contributed by atoms with E-state index in [1.807, 2.05) is 47.4 Å². The van der Waals surface area contributed by atoms with Crippen LogP contribution in [0.2, 0.25) is 0 Å². The molecule has 0 atom stereocenters. The van der Waals surface area contributed by atoms with E-state index in [9.17, 15) is 4.79 Å². The predicted octanol–water partition coefficient (Wildman–Crippen LogP) is 3.51. The summed E-state index contributed by atoms with van der Waals surface area (Å²) in [5, 5.41) is 1.11. The molecule has 0 unspecified atom stereocenters. The van der Waals surface area contributed by atoms with E-state index in [2.05, 4.69) is 24.0 Å². The molecule has 3 aromatic rings. The van der Waals surface area contributed by atoms with Crippen LogP contribution in [0.5, 0.6) is 5.75 Å². The van der Waals surface area contributed by atoms with Gasteiger partial charge in [-0.3, -0.25) is 4.79 Å². The summed E-state index contributed by atoms with van der Waals surface area (Å²) in [5.74, 6) is 1.83. The quantitative estimate of drug-likeness (QED) is 0.716.